The normalized spacial score (nSPS) is 13.5. The lowest BCUT2D eigenvalue weighted by Gasteiger charge is -2.24. The van der Waals surface area contributed by atoms with Crippen LogP contribution in [0.5, 0.6) is 0 Å². The van der Waals surface area contributed by atoms with Gasteiger partial charge in [-0.3, -0.25) is 14.5 Å². The smallest absolute Gasteiger partial charge is 0.261 e. The predicted molar refractivity (Wildman–Crippen MR) is 94.1 cm³/mol. The van der Waals surface area contributed by atoms with Crippen LogP contribution in [0.25, 0.3) is 10.8 Å². The van der Waals surface area contributed by atoms with Crippen molar-refractivity contribution >= 4 is 28.3 Å². The molecule has 1 N–H and O–H groups in total. The zero-order chi connectivity index (χ0) is 16.7. The van der Waals surface area contributed by atoms with Gasteiger partial charge in [-0.2, -0.15) is 0 Å². The van der Waals surface area contributed by atoms with Gasteiger partial charge in [-0.05, 0) is 23.8 Å². The van der Waals surface area contributed by atoms with Crippen molar-refractivity contribution in [2.24, 2.45) is 0 Å². The third kappa shape index (κ3) is 2.15. The summed E-state index contributed by atoms with van der Waals surface area (Å²) in [6, 6.07) is 19.4. The summed E-state index contributed by atoms with van der Waals surface area (Å²) in [7, 11) is 1.52. The molecule has 0 saturated carbocycles. The summed E-state index contributed by atoms with van der Waals surface area (Å²) in [5, 5.41) is 5.05. The fraction of sp³-hybridized carbons (Fsp3) is 0.100. The van der Waals surface area contributed by atoms with Crippen molar-refractivity contribution in [3.63, 3.8) is 0 Å². The highest BCUT2D eigenvalue weighted by Crippen LogP contribution is 2.34. The number of amides is 2. The number of benzene rings is 3. The molecule has 0 bridgehead atoms. The van der Waals surface area contributed by atoms with Crippen LogP contribution >= 0.6 is 0 Å². The second-order valence-corrected chi connectivity index (χ2v) is 5.90. The molecule has 1 aliphatic heterocycles. The van der Waals surface area contributed by atoms with Crippen LogP contribution in [-0.4, -0.2) is 23.8 Å². The highest BCUT2D eigenvalue weighted by atomic mass is 16.2. The quantitative estimate of drug-likeness (QED) is 0.750. The number of imide groups is 1. The summed E-state index contributed by atoms with van der Waals surface area (Å²) in [5.74, 6) is -0.503. The van der Waals surface area contributed by atoms with E-state index in [0.717, 1.165) is 16.5 Å². The van der Waals surface area contributed by atoms with E-state index < -0.39 is 0 Å². The maximum atomic E-state index is 12.4. The van der Waals surface area contributed by atoms with Gasteiger partial charge in [0.2, 0.25) is 0 Å². The number of nitrogens with one attached hydrogen (secondary N) is 1. The molecule has 0 spiro atoms. The first kappa shape index (κ1) is 14.5. The van der Waals surface area contributed by atoms with E-state index in [2.05, 4.69) is 17.4 Å². The minimum Gasteiger partial charge on any atom is -0.380 e. The molecule has 4 rings (SSSR count). The Labute approximate surface area is 139 Å². The molecular formula is C20H16N2O2. The van der Waals surface area contributed by atoms with Crippen LogP contribution in [0, 0.1) is 0 Å². The van der Waals surface area contributed by atoms with Gasteiger partial charge in [-0.15, -0.1) is 0 Å². The molecule has 0 aromatic heterocycles. The van der Waals surface area contributed by atoms with Crippen LogP contribution in [0.1, 0.15) is 26.3 Å². The van der Waals surface area contributed by atoms with Gasteiger partial charge in [0.25, 0.3) is 11.8 Å². The Bertz CT molecular complexity index is 942. The number of hydrogen-bond acceptors (Lipinski definition) is 3. The van der Waals surface area contributed by atoms with Crippen LogP contribution in [-0.2, 0) is 6.54 Å². The minimum atomic E-state index is -0.252. The number of hydrogen-bond donors (Lipinski definition) is 1. The van der Waals surface area contributed by atoms with Crippen molar-refractivity contribution in [3.05, 3.63) is 77.4 Å². The van der Waals surface area contributed by atoms with Crippen molar-refractivity contribution in [3.8, 4) is 0 Å². The molecule has 1 heterocycles. The molecule has 4 heteroatoms. The van der Waals surface area contributed by atoms with Gasteiger partial charge >= 0.3 is 0 Å². The summed E-state index contributed by atoms with van der Waals surface area (Å²) in [5.41, 5.74) is 3.25. The Kier molecular flexibility index (Phi) is 3.31. The maximum absolute atomic E-state index is 12.4. The summed E-state index contributed by atoms with van der Waals surface area (Å²) in [4.78, 5) is 26.0. The standard InChI is InChI=1S/C20H16N2O2/c1-22-19(23)15-9-5-8-14-17(11-10-16(18(14)15)20(22)24)21-12-13-6-3-2-4-7-13/h2-11,21H,12H2,1H3. The Morgan fingerprint density at radius 1 is 0.833 bits per heavy atom. The van der Waals surface area contributed by atoms with Gasteiger partial charge in [-0.1, -0.05) is 42.5 Å². The number of rotatable bonds is 3. The monoisotopic (exact) mass is 316 g/mol. The molecule has 0 fully saturated rings. The average Bonchev–Trinajstić information content (AvgIpc) is 2.63. The zero-order valence-corrected chi connectivity index (χ0v) is 13.2. The van der Waals surface area contributed by atoms with Crippen molar-refractivity contribution < 1.29 is 9.59 Å². The first-order valence-corrected chi connectivity index (χ1v) is 7.83. The van der Waals surface area contributed by atoms with E-state index in [-0.39, 0.29) is 11.8 Å². The van der Waals surface area contributed by atoms with Crippen LogP contribution in [0.2, 0.25) is 0 Å². The lowest BCUT2D eigenvalue weighted by atomic mass is 9.93. The fourth-order valence-electron chi connectivity index (χ4n) is 3.16. The predicted octanol–water partition coefficient (Wildman–Crippen LogP) is 3.68. The molecule has 0 radical (unpaired) electrons. The zero-order valence-electron chi connectivity index (χ0n) is 13.2. The van der Waals surface area contributed by atoms with E-state index in [1.54, 1.807) is 12.1 Å². The molecule has 24 heavy (non-hydrogen) atoms. The number of carbonyl (C=O) groups excluding carboxylic acids is 2. The third-order valence-electron chi connectivity index (χ3n) is 4.44. The van der Waals surface area contributed by atoms with Gasteiger partial charge < -0.3 is 5.32 Å². The SMILES string of the molecule is CN1C(=O)c2cccc3c(NCc4ccccc4)ccc(c23)C1=O. The van der Waals surface area contributed by atoms with Gasteiger partial charge in [0.1, 0.15) is 0 Å². The Morgan fingerprint density at radius 3 is 2.29 bits per heavy atom. The van der Waals surface area contributed by atoms with Crippen LogP contribution in [0.4, 0.5) is 5.69 Å². The fourth-order valence-corrected chi connectivity index (χ4v) is 3.16. The van der Waals surface area contributed by atoms with Gasteiger partial charge in [0.05, 0.1) is 0 Å². The lowest BCUT2D eigenvalue weighted by molar-refractivity contribution is 0.0651. The molecule has 0 atom stereocenters. The van der Waals surface area contributed by atoms with Crippen LogP contribution in [0.3, 0.4) is 0 Å². The maximum Gasteiger partial charge on any atom is 0.261 e. The molecule has 0 aliphatic carbocycles. The molecule has 118 valence electrons. The van der Waals surface area contributed by atoms with E-state index in [4.69, 9.17) is 0 Å². The molecule has 3 aromatic carbocycles. The van der Waals surface area contributed by atoms with Crippen molar-refractivity contribution in [1.29, 1.82) is 0 Å². The van der Waals surface area contributed by atoms with Crippen molar-refractivity contribution in [2.75, 3.05) is 12.4 Å². The van der Waals surface area contributed by atoms with E-state index >= 15 is 0 Å². The van der Waals surface area contributed by atoms with Crippen LogP contribution < -0.4 is 5.32 Å². The first-order chi connectivity index (χ1) is 11.7. The number of anilines is 1. The van der Waals surface area contributed by atoms with Gasteiger partial charge in [0, 0.05) is 41.2 Å². The van der Waals surface area contributed by atoms with E-state index in [1.807, 2.05) is 36.4 Å². The molecule has 3 aromatic rings. The van der Waals surface area contributed by atoms with Crippen molar-refractivity contribution in [1.82, 2.24) is 4.90 Å². The topological polar surface area (TPSA) is 49.4 Å². The van der Waals surface area contributed by atoms with E-state index in [1.165, 1.54) is 17.5 Å². The highest BCUT2D eigenvalue weighted by Gasteiger charge is 2.30. The van der Waals surface area contributed by atoms with Gasteiger partial charge in [-0.25, -0.2) is 0 Å². The third-order valence-corrected chi connectivity index (χ3v) is 4.44. The number of carbonyl (C=O) groups is 2. The van der Waals surface area contributed by atoms with Crippen molar-refractivity contribution in [2.45, 2.75) is 6.54 Å². The minimum absolute atomic E-state index is 0.252. The molecule has 0 saturated heterocycles. The molecular weight excluding hydrogens is 300 g/mol. The van der Waals surface area contributed by atoms with Gasteiger partial charge in [0.15, 0.2) is 0 Å². The second-order valence-electron chi connectivity index (χ2n) is 5.90. The lowest BCUT2D eigenvalue weighted by Crippen LogP contribution is -2.36. The van der Waals surface area contributed by atoms with E-state index in [9.17, 15) is 9.59 Å². The Balaban J connectivity index is 1.81. The summed E-state index contributed by atoms with van der Waals surface area (Å²) in [6.45, 7) is 0.682. The highest BCUT2D eigenvalue weighted by molar-refractivity contribution is 6.26. The summed E-state index contributed by atoms with van der Waals surface area (Å²) in [6.07, 6.45) is 0. The largest absolute Gasteiger partial charge is 0.380 e. The molecule has 2 amide bonds. The first-order valence-electron chi connectivity index (χ1n) is 7.83. The summed E-state index contributed by atoms with van der Waals surface area (Å²) < 4.78 is 0. The molecule has 4 nitrogen and oxygen atoms in total. The second kappa shape index (κ2) is 5.49. The Hall–Kier alpha value is -3.14. The number of nitrogens with zero attached hydrogens (tertiary/aromatic N) is 1. The average molecular weight is 316 g/mol. The van der Waals surface area contributed by atoms with Crippen LogP contribution in [0.15, 0.2) is 60.7 Å². The van der Waals surface area contributed by atoms with E-state index in [0.29, 0.717) is 17.7 Å². The molecule has 0 unspecified atom stereocenters. The molecule has 1 aliphatic rings. The summed E-state index contributed by atoms with van der Waals surface area (Å²) >= 11 is 0. The Morgan fingerprint density at radius 2 is 1.54 bits per heavy atom.